The molecule has 252 valence electrons. The van der Waals surface area contributed by atoms with Gasteiger partial charge >= 0.3 is 0 Å². The van der Waals surface area contributed by atoms with Crippen LogP contribution in [0.2, 0.25) is 0 Å². The summed E-state index contributed by atoms with van der Waals surface area (Å²) in [5.74, 6) is 0. The lowest BCUT2D eigenvalue weighted by Crippen LogP contribution is -2.09. The van der Waals surface area contributed by atoms with Gasteiger partial charge in [-0.1, -0.05) is 174 Å². The lowest BCUT2D eigenvalue weighted by molar-refractivity contribution is 1.10. The first-order valence-corrected chi connectivity index (χ1v) is 18.9. The first-order chi connectivity index (χ1) is 26.3. The summed E-state index contributed by atoms with van der Waals surface area (Å²) in [6, 6.07) is 65.3. The number of aromatic nitrogens is 4. The summed E-state index contributed by atoms with van der Waals surface area (Å²) >= 11 is 3.23. The zero-order valence-electron chi connectivity index (χ0n) is 28.5. The van der Waals surface area contributed by atoms with Gasteiger partial charge in [0.15, 0.2) is 0 Å². The highest BCUT2D eigenvalue weighted by atomic mass is 32.1. The van der Waals surface area contributed by atoms with Crippen molar-refractivity contribution in [1.29, 1.82) is 0 Å². The van der Waals surface area contributed by atoms with E-state index in [9.17, 15) is 0 Å². The smallest absolute Gasteiger partial charge is 0.148 e. The van der Waals surface area contributed by atoms with Crippen LogP contribution in [0.25, 0.3) is 64.5 Å². The normalized spacial score (nSPS) is 11.0. The fourth-order valence-electron chi connectivity index (χ4n) is 6.51. The van der Waals surface area contributed by atoms with Gasteiger partial charge in [0.1, 0.15) is 20.0 Å². The molecule has 0 radical (unpaired) electrons. The summed E-state index contributed by atoms with van der Waals surface area (Å²) in [5, 5.41) is 21.8. The summed E-state index contributed by atoms with van der Waals surface area (Å²) in [6.07, 6.45) is 0. The van der Waals surface area contributed by atoms with Crippen LogP contribution in [0.5, 0.6) is 0 Å². The molecule has 9 aromatic rings. The number of hydrogen-bond donors (Lipinski definition) is 0. The largest absolute Gasteiger partial charge is 0.311 e. The topological polar surface area (TPSA) is 54.8 Å². The Balaban J connectivity index is 1.03. The maximum atomic E-state index is 4.59. The minimum atomic E-state index is 0.902. The minimum Gasteiger partial charge on any atom is -0.311 e. The molecule has 53 heavy (non-hydrogen) atoms. The molecular formula is C46H31N5S2. The zero-order valence-corrected chi connectivity index (χ0v) is 30.1. The number of benzene rings is 7. The van der Waals surface area contributed by atoms with Gasteiger partial charge in [0.05, 0.1) is 0 Å². The Labute approximate surface area is 316 Å². The lowest BCUT2D eigenvalue weighted by atomic mass is 9.99. The van der Waals surface area contributed by atoms with Gasteiger partial charge in [-0.25, -0.2) is 0 Å². The third-order valence-corrected chi connectivity index (χ3v) is 11.1. The predicted molar refractivity (Wildman–Crippen MR) is 221 cm³/mol. The molecule has 0 saturated carbocycles. The standard InChI is InChI=1S/C46H31N5S2/c1-4-14-34(15-5-1)43-47-49-45(52-43)41-22-12-10-20-39(41)32-24-28-37(29-25-32)51(36-18-8-3-9-19-36)38-30-26-33(27-31-38)40-21-11-13-23-42(40)46-50-48-44(53-46)35-16-6-2-7-17-35/h1-31H. The van der Waals surface area contributed by atoms with Crippen molar-refractivity contribution in [3.63, 3.8) is 0 Å². The van der Waals surface area contributed by atoms with E-state index >= 15 is 0 Å². The first kappa shape index (κ1) is 32.4. The van der Waals surface area contributed by atoms with Crippen molar-refractivity contribution < 1.29 is 0 Å². The van der Waals surface area contributed by atoms with Gasteiger partial charge in [-0.3, -0.25) is 0 Å². The van der Waals surface area contributed by atoms with E-state index in [4.69, 9.17) is 0 Å². The summed E-state index contributed by atoms with van der Waals surface area (Å²) in [5.41, 5.74) is 12.0. The number of hydrogen-bond acceptors (Lipinski definition) is 7. The molecule has 0 aliphatic heterocycles. The average Bonchev–Trinajstić information content (AvgIpc) is 3.95. The SMILES string of the molecule is c1ccc(-c2nnc(-c3ccccc3-c3ccc(N(c4ccccc4)c4ccc(-c5ccccc5-c5nnc(-c6ccccc6)s5)cc4)cc3)s2)cc1. The van der Waals surface area contributed by atoms with Gasteiger partial charge in [-0.05, 0) is 58.7 Å². The maximum Gasteiger partial charge on any atom is 0.148 e. The maximum absolute atomic E-state index is 4.59. The number of rotatable bonds is 9. The second-order valence-corrected chi connectivity index (χ2v) is 14.4. The monoisotopic (exact) mass is 717 g/mol. The molecule has 2 heterocycles. The third-order valence-electron chi connectivity index (χ3n) is 9.09. The van der Waals surface area contributed by atoms with E-state index in [0.717, 1.165) is 81.6 Å². The molecular weight excluding hydrogens is 687 g/mol. The van der Waals surface area contributed by atoms with Crippen LogP contribution >= 0.6 is 22.7 Å². The van der Waals surface area contributed by atoms with Crippen molar-refractivity contribution in [3.05, 3.63) is 188 Å². The molecule has 7 aromatic carbocycles. The van der Waals surface area contributed by atoms with Crippen LogP contribution in [0.3, 0.4) is 0 Å². The fraction of sp³-hybridized carbons (Fsp3) is 0. The Bertz CT molecular complexity index is 2440. The molecule has 0 unspecified atom stereocenters. The molecule has 0 fully saturated rings. The van der Waals surface area contributed by atoms with Crippen LogP contribution in [-0.2, 0) is 0 Å². The Hall–Kier alpha value is -6.54. The first-order valence-electron chi connectivity index (χ1n) is 17.3. The van der Waals surface area contributed by atoms with Gasteiger partial charge < -0.3 is 4.90 Å². The predicted octanol–water partition coefficient (Wildman–Crippen LogP) is 12.9. The molecule has 0 atom stereocenters. The van der Waals surface area contributed by atoms with Crippen LogP contribution in [0, 0.1) is 0 Å². The molecule has 2 aromatic heterocycles. The molecule has 0 aliphatic carbocycles. The van der Waals surface area contributed by atoms with Crippen molar-refractivity contribution in [2.24, 2.45) is 0 Å². The highest BCUT2D eigenvalue weighted by Gasteiger charge is 2.17. The fourth-order valence-corrected chi connectivity index (χ4v) is 8.28. The number of nitrogens with zero attached hydrogens (tertiary/aromatic N) is 5. The van der Waals surface area contributed by atoms with Crippen molar-refractivity contribution in [2.75, 3.05) is 4.90 Å². The van der Waals surface area contributed by atoms with Crippen molar-refractivity contribution in [2.45, 2.75) is 0 Å². The summed E-state index contributed by atoms with van der Waals surface area (Å²) in [7, 11) is 0. The molecule has 0 saturated heterocycles. The molecule has 0 aliphatic rings. The third kappa shape index (κ3) is 6.67. The molecule has 9 rings (SSSR count). The van der Waals surface area contributed by atoms with E-state index in [2.05, 4.69) is 177 Å². The van der Waals surface area contributed by atoms with Gasteiger partial charge in [0, 0.05) is 39.3 Å². The van der Waals surface area contributed by atoms with Crippen LogP contribution in [0.4, 0.5) is 17.1 Å². The van der Waals surface area contributed by atoms with E-state index in [1.54, 1.807) is 22.7 Å². The van der Waals surface area contributed by atoms with Crippen molar-refractivity contribution in [1.82, 2.24) is 20.4 Å². The Morgan fingerprint density at radius 1 is 0.264 bits per heavy atom. The summed E-state index contributed by atoms with van der Waals surface area (Å²) in [6.45, 7) is 0. The summed E-state index contributed by atoms with van der Waals surface area (Å²) in [4.78, 5) is 2.29. The Kier molecular flexibility index (Phi) is 8.92. The quantitative estimate of drug-likeness (QED) is 0.149. The molecule has 0 amide bonds. The zero-order chi connectivity index (χ0) is 35.4. The van der Waals surface area contributed by atoms with Gasteiger partial charge in [0.2, 0.25) is 0 Å². The van der Waals surface area contributed by atoms with Gasteiger partial charge in [0.25, 0.3) is 0 Å². The van der Waals surface area contributed by atoms with Crippen LogP contribution in [0.15, 0.2) is 188 Å². The van der Waals surface area contributed by atoms with Gasteiger partial charge in [-0.15, -0.1) is 20.4 Å². The van der Waals surface area contributed by atoms with Gasteiger partial charge in [-0.2, -0.15) is 0 Å². The van der Waals surface area contributed by atoms with Crippen LogP contribution in [-0.4, -0.2) is 20.4 Å². The van der Waals surface area contributed by atoms with E-state index in [1.807, 2.05) is 36.4 Å². The Morgan fingerprint density at radius 2 is 0.585 bits per heavy atom. The minimum absolute atomic E-state index is 0.902. The van der Waals surface area contributed by atoms with E-state index in [-0.39, 0.29) is 0 Å². The van der Waals surface area contributed by atoms with Crippen LogP contribution < -0.4 is 4.90 Å². The van der Waals surface area contributed by atoms with Crippen LogP contribution in [0.1, 0.15) is 0 Å². The summed E-state index contributed by atoms with van der Waals surface area (Å²) < 4.78 is 0. The second kappa shape index (κ2) is 14.6. The second-order valence-electron chi connectivity index (χ2n) is 12.4. The molecule has 5 nitrogen and oxygen atoms in total. The van der Waals surface area contributed by atoms with E-state index in [1.165, 1.54) is 0 Å². The molecule has 0 spiro atoms. The van der Waals surface area contributed by atoms with E-state index in [0.29, 0.717) is 0 Å². The molecule has 0 bridgehead atoms. The number of anilines is 3. The van der Waals surface area contributed by atoms with E-state index < -0.39 is 0 Å². The van der Waals surface area contributed by atoms with Crippen molar-refractivity contribution >= 4 is 39.7 Å². The lowest BCUT2D eigenvalue weighted by Gasteiger charge is -2.26. The molecule has 7 heteroatoms. The molecule has 0 N–H and O–H groups in total. The van der Waals surface area contributed by atoms with Crippen molar-refractivity contribution in [3.8, 4) is 64.5 Å². The number of para-hydroxylation sites is 1. The Morgan fingerprint density at radius 3 is 1.00 bits per heavy atom. The highest BCUT2D eigenvalue weighted by Crippen LogP contribution is 2.41. The average molecular weight is 718 g/mol. The highest BCUT2D eigenvalue weighted by molar-refractivity contribution is 7.18.